The van der Waals surface area contributed by atoms with Crippen LogP contribution in [-0.4, -0.2) is 24.9 Å². The Morgan fingerprint density at radius 3 is 2.70 bits per heavy atom. The van der Waals surface area contributed by atoms with E-state index in [9.17, 15) is 17.6 Å². The molecule has 0 saturated heterocycles. The van der Waals surface area contributed by atoms with Gasteiger partial charge in [-0.05, 0) is 36.4 Å². The van der Waals surface area contributed by atoms with Crippen molar-refractivity contribution in [3.05, 3.63) is 63.8 Å². The highest BCUT2D eigenvalue weighted by atomic mass is 35.5. The maximum atomic E-state index is 13.4. The van der Waals surface area contributed by atoms with E-state index < -0.39 is 26.1 Å². The first-order chi connectivity index (χ1) is 12.8. The predicted molar refractivity (Wildman–Crippen MR) is 100 cm³/mol. The molecular formula is C17H10ClFN2O4S2. The summed E-state index contributed by atoms with van der Waals surface area (Å²) in [5.74, 6) is -0.144. The summed E-state index contributed by atoms with van der Waals surface area (Å²) in [5.41, 5.74) is -0.223. The zero-order valence-corrected chi connectivity index (χ0v) is 16.0. The molecule has 0 spiro atoms. The minimum atomic E-state index is -4.23. The van der Waals surface area contributed by atoms with Gasteiger partial charge in [-0.2, -0.15) is 0 Å². The lowest BCUT2D eigenvalue weighted by Gasteiger charge is -2.05. The van der Waals surface area contributed by atoms with E-state index in [1.54, 1.807) is 18.2 Å². The summed E-state index contributed by atoms with van der Waals surface area (Å²) < 4.78 is 46.2. The van der Waals surface area contributed by atoms with Gasteiger partial charge in [-0.3, -0.25) is 4.79 Å². The number of sulfone groups is 1. The summed E-state index contributed by atoms with van der Waals surface area (Å²) in [6.45, 7) is 0. The van der Waals surface area contributed by atoms with E-state index in [1.165, 1.54) is 22.8 Å². The van der Waals surface area contributed by atoms with Crippen molar-refractivity contribution in [1.29, 1.82) is 0 Å². The fourth-order valence-electron chi connectivity index (χ4n) is 2.65. The molecule has 6 nitrogen and oxygen atoms in total. The van der Waals surface area contributed by atoms with E-state index in [4.69, 9.17) is 16.3 Å². The van der Waals surface area contributed by atoms with Gasteiger partial charge in [0.2, 0.25) is 9.84 Å². The molecule has 2 heterocycles. The molecule has 0 saturated carbocycles. The summed E-state index contributed by atoms with van der Waals surface area (Å²) in [6.07, 6.45) is 1.01. The third kappa shape index (κ3) is 2.78. The Labute approximate surface area is 161 Å². The second-order valence-electron chi connectivity index (χ2n) is 5.56. The average Bonchev–Trinajstić information content (AvgIpc) is 3.02. The molecule has 2 aromatic heterocycles. The van der Waals surface area contributed by atoms with Gasteiger partial charge in [-0.15, -0.1) is 0 Å². The lowest BCUT2D eigenvalue weighted by Crippen LogP contribution is -2.22. The maximum Gasteiger partial charge on any atom is 0.278 e. The van der Waals surface area contributed by atoms with Crippen LogP contribution in [0.1, 0.15) is 0 Å². The lowest BCUT2D eigenvalue weighted by atomic mass is 10.3. The number of thiazole rings is 1. The molecule has 0 fully saturated rings. The van der Waals surface area contributed by atoms with E-state index in [2.05, 4.69) is 4.98 Å². The topological polar surface area (TPSA) is 77.7 Å². The molecule has 0 aliphatic heterocycles. The molecule has 0 amide bonds. The zero-order chi connectivity index (χ0) is 19.3. The SMILES string of the molecule is COc1ccc2c(c1)sc1ncc(S(=O)(=O)c3ccc(F)c(Cl)c3)c(=O)n12. The molecule has 2 aromatic carbocycles. The number of hydrogen-bond donors (Lipinski definition) is 0. The first-order valence-corrected chi connectivity index (χ1v) is 10.2. The van der Waals surface area contributed by atoms with Gasteiger partial charge in [-0.1, -0.05) is 22.9 Å². The lowest BCUT2D eigenvalue weighted by molar-refractivity contribution is 0.415. The van der Waals surface area contributed by atoms with E-state index in [0.717, 1.165) is 29.1 Å². The van der Waals surface area contributed by atoms with E-state index in [0.29, 0.717) is 16.2 Å². The molecule has 27 heavy (non-hydrogen) atoms. The summed E-state index contributed by atoms with van der Waals surface area (Å²) >= 11 is 6.91. The Hall–Kier alpha value is -2.49. The van der Waals surface area contributed by atoms with Gasteiger partial charge in [-0.25, -0.2) is 22.2 Å². The van der Waals surface area contributed by atoms with Crippen molar-refractivity contribution in [1.82, 2.24) is 9.38 Å². The molecule has 10 heteroatoms. The highest BCUT2D eigenvalue weighted by molar-refractivity contribution is 7.91. The Bertz CT molecular complexity index is 1380. The van der Waals surface area contributed by atoms with Crippen LogP contribution >= 0.6 is 22.9 Å². The van der Waals surface area contributed by atoms with E-state index >= 15 is 0 Å². The number of halogens is 2. The normalized spacial score (nSPS) is 12.0. The number of hydrogen-bond acceptors (Lipinski definition) is 6. The molecule has 0 aliphatic rings. The van der Waals surface area contributed by atoms with Crippen LogP contribution < -0.4 is 10.3 Å². The number of rotatable bonds is 3. The van der Waals surface area contributed by atoms with E-state index in [-0.39, 0.29) is 9.92 Å². The van der Waals surface area contributed by atoms with Crippen molar-refractivity contribution >= 4 is 48.0 Å². The molecule has 4 aromatic rings. The third-order valence-electron chi connectivity index (χ3n) is 4.00. The molecule has 0 unspecified atom stereocenters. The van der Waals surface area contributed by atoms with Crippen LogP contribution in [0.5, 0.6) is 5.75 Å². The van der Waals surface area contributed by atoms with Gasteiger partial charge in [0.15, 0.2) is 9.86 Å². The number of ether oxygens (including phenoxy) is 1. The molecule has 0 aliphatic carbocycles. The van der Waals surface area contributed by atoms with Crippen LogP contribution in [0.2, 0.25) is 5.02 Å². The third-order valence-corrected chi connectivity index (χ3v) is 7.04. The monoisotopic (exact) mass is 424 g/mol. The number of fused-ring (bicyclic) bond motifs is 3. The predicted octanol–water partition coefficient (Wildman–Crippen LogP) is 3.54. The number of methoxy groups -OCH3 is 1. The van der Waals surface area contributed by atoms with Crippen LogP contribution in [0.25, 0.3) is 15.2 Å². The van der Waals surface area contributed by atoms with Crippen LogP contribution in [0, 0.1) is 5.82 Å². The van der Waals surface area contributed by atoms with Crippen LogP contribution in [0.15, 0.2) is 57.2 Å². The fourth-order valence-corrected chi connectivity index (χ4v) is 5.20. The Morgan fingerprint density at radius 2 is 2.00 bits per heavy atom. The summed E-state index contributed by atoms with van der Waals surface area (Å²) in [4.78, 5) is 16.6. The molecule has 138 valence electrons. The molecule has 4 rings (SSSR count). The quantitative estimate of drug-likeness (QED) is 0.470. The van der Waals surface area contributed by atoms with Crippen molar-refractivity contribution < 1.29 is 17.5 Å². The van der Waals surface area contributed by atoms with Gasteiger partial charge in [0.25, 0.3) is 5.56 Å². The second-order valence-corrected chi connectivity index (χ2v) is 8.90. The van der Waals surface area contributed by atoms with Crippen molar-refractivity contribution in [2.75, 3.05) is 7.11 Å². The Morgan fingerprint density at radius 1 is 1.22 bits per heavy atom. The van der Waals surface area contributed by atoms with Crippen molar-refractivity contribution in [2.24, 2.45) is 0 Å². The van der Waals surface area contributed by atoms with Gasteiger partial charge < -0.3 is 4.74 Å². The van der Waals surface area contributed by atoms with Crippen molar-refractivity contribution in [3.8, 4) is 5.75 Å². The number of benzene rings is 2. The number of nitrogens with zero attached hydrogens (tertiary/aromatic N) is 2. The van der Waals surface area contributed by atoms with Gasteiger partial charge in [0, 0.05) is 0 Å². The van der Waals surface area contributed by atoms with Gasteiger partial charge in [0.1, 0.15) is 11.6 Å². The highest BCUT2D eigenvalue weighted by Crippen LogP contribution is 2.29. The van der Waals surface area contributed by atoms with Crippen LogP contribution in [0.3, 0.4) is 0 Å². The second kappa shape index (κ2) is 6.29. The standard InChI is InChI=1S/C17H10ClFN2O4S2/c1-25-9-2-5-13-14(6-9)26-17-20-8-15(16(22)21(13)17)27(23,24)10-3-4-12(19)11(18)7-10/h2-8H,1H3. The number of aromatic nitrogens is 2. The first-order valence-electron chi connectivity index (χ1n) is 7.51. The molecular weight excluding hydrogens is 415 g/mol. The largest absolute Gasteiger partial charge is 0.497 e. The summed E-state index contributed by atoms with van der Waals surface area (Å²) in [6, 6.07) is 8.03. The summed E-state index contributed by atoms with van der Waals surface area (Å²) in [5, 5.41) is -0.349. The fraction of sp³-hybridized carbons (Fsp3) is 0.0588. The molecule has 0 bridgehead atoms. The van der Waals surface area contributed by atoms with Gasteiger partial charge in [0.05, 0.1) is 33.4 Å². The van der Waals surface area contributed by atoms with Crippen LogP contribution in [-0.2, 0) is 9.84 Å². The Balaban J connectivity index is 1.99. The summed E-state index contributed by atoms with van der Waals surface area (Å²) in [7, 11) is -2.70. The van der Waals surface area contributed by atoms with Crippen molar-refractivity contribution in [2.45, 2.75) is 9.79 Å². The maximum absolute atomic E-state index is 13.4. The molecule has 0 N–H and O–H groups in total. The van der Waals surface area contributed by atoms with Crippen molar-refractivity contribution in [3.63, 3.8) is 0 Å². The minimum Gasteiger partial charge on any atom is -0.497 e. The Kier molecular flexibility index (Phi) is 4.17. The van der Waals surface area contributed by atoms with Crippen LogP contribution in [0.4, 0.5) is 4.39 Å². The zero-order valence-electron chi connectivity index (χ0n) is 13.6. The molecule has 0 radical (unpaired) electrons. The van der Waals surface area contributed by atoms with Gasteiger partial charge >= 0.3 is 0 Å². The van der Waals surface area contributed by atoms with E-state index in [1.807, 2.05) is 0 Å². The minimum absolute atomic E-state index is 0.283. The molecule has 0 atom stereocenters. The first kappa shape index (κ1) is 17.9. The highest BCUT2D eigenvalue weighted by Gasteiger charge is 2.25. The average molecular weight is 425 g/mol. The smallest absolute Gasteiger partial charge is 0.278 e.